The van der Waals surface area contributed by atoms with E-state index in [1.807, 2.05) is 13.8 Å². The molecule has 4 aliphatic carbocycles. The fraction of sp³-hybridized carbons (Fsp3) is 0.818. The summed E-state index contributed by atoms with van der Waals surface area (Å²) in [5, 5.41) is 28.5. The Labute approximate surface area is 179 Å². The van der Waals surface area contributed by atoms with Crippen LogP contribution in [-0.4, -0.2) is 42.0 Å². The van der Waals surface area contributed by atoms with Gasteiger partial charge in [-0.05, 0) is 86.5 Å². The maximum atomic E-state index is 11.5. The topological polar surface area (TPSA) is 111 Å². The summed E-state index contributed by atoms with van der Waals surface area (Å²) in [6.45, 7) is 8.55. The molecule has 4 rings (SSSR count). The SMILES string of the molecule is CC1=C2CC[C@@H]3[C@@H](CC[C@@]4(C)[C@H]3CCC4(C)O)[C@@]2(C)CC(=NO)C1=NNS(C)(=O)=O. The third kappa shape index (κ3) is 3.05. The van der Waals surface area contributed by atoms with Gasteiger partial charge in [0.2, 0.25) is 10.0 Å². The van der Waals surface area contributed by atoms with Crippen molar-refractivity contribution in [1.29, 1.82) is 0 Å². The van der Waals surface area contributed by atoms with Crippen LogP contribution in [-0.2, 0) is 10.0 Å². The van der Waals surface area contributed by atoms with Gasteiger partial charge < -0.3 is 10.3 Å². The second kappa shape index (κ2) is 6.79. The van der Waals surface area contributed by atoms with Gasteiger partial charge in [0, 0.05) is 6.42 Å². The summed E-state index contributed by atoms with van der Waals surface area (Å²) in [5.74, 6) is 1.53. The van der Waals surface area contributed by atoms with Gasteiger partial charge >= 0.3 is 0 Å². The molecular weight excluding hydrogens is 402 g/mol. The minimum Gasteiger partial charge on any atom is -0.411 e. The van der Waals surface area contributed by atoms with Crippen LogP contribution in [0, 0.1) is 28.6 Å². The highest BCUT2D eigenvalue weighted by atomic mass is 32.2. The van der Waals surface area contributed by atoms with Gasteiger partial charge in [0.1, 0.15) is 11.4 Å². The minimum absolute atomic E-state index is 0.0324. The van der Waals surface area contributed by atoms with Crippen molar-refractivity contribution < 1.29 is 18.7 Å². The lowest BCUT2D eigenvalue weighted by Gasteiger charge is -2.59. The van der Waals surface area contributed by atoms with E-state index in [0.29, 0.717) is 35.6 Å². The first-order valence-electron chi connectivity index (χ1n) is 11.0. The molecule has 7 nitrogen and oxygen atoms in total. The summed E-state index contributed by atoms with van der Waals surface area (Å²) in [6.07, 6.45) is 7.64. The summed E-state index contributed by atoms with van der Waals surface area (Å²) >= 11 is 0. The van der Waals surface area contributed by atoms with Crippen LogP contribution in [0.2, 0.25) is 0 Å². The number of fused-ring (bicyclic) bond motifs is 5. The first kappa shape index (κ1) is 21.8. The fourth-order valence-electron chi connectivity index (χ4n) is 7.55. The zero-order chi connectivity index (χ0) is 22.1. The maximum absolute atomic E-state index is 11.5. The maximum Gasteiger partial charge on any atom is 0.244 e. The van der Waals surface area contributed by atoms with Gasteiger partial charge in [-0.3, -0.25) is 0 Å². The van der Waals surface area contributed by atoms with E-state index < -0.39 is 15.6 Å². The average Bonchev–Trinajstić information content (AvgIpc) is 2.89. The number of nitrogens with zero attached hydrogens (tertiary/aromatic N) is 2. The zero-order valence-electron chi connectivity index (χ0n) is 18.7. The van der Waals surface area contributed by atoms with E-state index >= 15 is 0 Å². The van der Waals surface area contributed by atoms with Gasteiger partial charge in [-0.1, -0.05) is 24.6 Å². The Morgan fingerprint density at radius 2 is 1.77 bits per heavy atom. The van der Waals surface area contributed by atoms with Crippen molar-refractivity contribution >= 4 is 21.4 Å². The molecule has 0 aromatic heterocycles. The Morgan fingerprint density at radius 3 is 2.40 bits per heavy atom. The normalized spacial score (nSPS) is 46.5. The van der Waals surface area contributed by atoms with Crippen LogP contribution in [0.1, 0.15) is 72.6 Å². The molecule has 0 aromatic carbocycles. The second-order valence-corrected chi connectivity index (χ2v) is 12.5. The molecule has 0 radical (unpaired) electrons. The third-order valence-corrected chi connectivity index (χ3v) is 9.72. The van der Waals surface area contributed by atoms with Crippen molar-refractivity contribution in [3.8, 4) is 0 Å². The number of nitrogens with one attached hydrogen (secondary N) is 1. The van der Waals surface area contributed by atoms with Crippen molar-refractivity contribution in [2.24, 2.45) is 38.8 Å². The van der Waals surface area contributed by atoms with Crippen molar-refractivity contribution in [3.05, 3.63) is 11.1 Å². The van der Waals surface area contributed by atoms with E-state index in [1.165, 1.54) is 5.57 Å². The minimum atomic E-state index is -3.49. The van der Waals surface area contributed by atoms with Crippen molar-refractivity contribution in [2.75, 3.05) is 6.26 Å². The highest BCUT2D eigenvalue weighted by Crippen LogP contribution is 2.67. The van der Waals surface area contributed by atoms with Gasteiger partial charge in [0.15, 0.2) is 0 Å². The Kier molecular flexibility index (Phi) is 4.94. The summed E-state index contributed by atoms with van der Waals surface area (Å²) in [6, 6.07) is 0. The second-order valence-electron chi connectivity index (χ2n) is 10.8. The Morgan fingerprint density at radius 1 is 1.10 bits per heavy atom. The molecule has 3 fully saturated rings. The standard InChI is InChI=1S/C22H35N3O4S/c1-13-15-7-6-14-16(8-10-21(3)17(14)9-11-22(21,4)26)20(15,2)12-18(24-27)19(13)23-25-30(5,28)29/h14,16-17,25-27H,6-12H2,1-5H3/t14-,16-,17+,20+,21+,22?/m1/s1. The fourth-order valence-corrected chi connectivity index (χ4v) is 7.81. The Hall–Kier alpha value is -1.41. The molecule has 3 saturated carbocycles. The lowest BCUT2D eigenvalue weighted by atomic mass is 9.46. The summed E-state index contributed by atoms with van der Waals surface area (Å²) in [4.78, 5) is 2.20. The number of hydrazone groups is 1. The van der Waals surface area contributed by atoms with Gasteiger partial charge in [0.25, 0.3) is 0 Å². The largest absolute Gasteiger partial charge is 0.411 e. The van der Waals surface area contributed by atoms with Crippen molar-refractivity contribution in [2.45, 2.75) is 78.2 Å². The predicted molar refractivity (Wildman–Crippen MR) is 117 cm³/mol. The predicted octanol–water partition coefficient (Wildman–Crippen LogP) is 3.44. The molecule has 30 heavy (non-hydrogen) atoms. The van der Waals surface area contributed by atoms with Crippen LogP contribution in [0.5, 0.6) is 0 Å². The lowest BCUT2D eigenvalue weighted by Crippen LogP contribution is -2.55. The molecule has 0 aromatic rings. The summed E-state index contributed by atoms with van der Waals surface area (Å²) < 4.78 is 23.1. The summed E-state index contributed by atoms with van der Waals surface area (Å²) in [7, 11) is -3.49. The van der Waals surface area contributed by atoms with Crippen LogP contribution in [0.3, 0.4) is 0 Å². The number of hydrogen-bond donors (Lipinski definition) is 3. The van der Waals surface area contributed by atoms with Gasteiger partial charge in [-0.25, -0.2) is 13.2 Å². The molecule has 0 saturated heterocycles. The quantitative estimate of drug-likeness (QED) is 0.454. The summed E-state index contributed by atoms with van der Waals surface area (Å²) in [5.41, 5.74) is 2.37. The Balaban J connectivity index is 1.73. The molecule has 0 aliphatic heterocycles. The molecular formula is C22H35N3O4S. The molecule has 0 bridgehead atoms. The van der Waals surface area contributed by atoms with E-state index in [4.69, 9.17) is 0 Å². The van der Waals surface area contributed by atoms with Crippen LogP contribution < -0.4 is 4.83 Å². The Bertz CT molecular complexity index is 951. The van der Waals surface area contributed by atoms with Crippen molar-refractivity contribution in [3.63, 3.8) is 0 Å². The molecule has 8 heteroatoms. The monoisotopic (exact) mass is 437 g/mol. The van der Waals surface area contributed by atoms with Gasteiger partial charge in [-0.15, -0.1) is 0 Å². The van der Waals surface area contributed by atoms with Crippen LogP contribution in [0.15, 0.2) is 21.4 Å². The molecule has 6 atom stereocenters. The zero-order valence-corrected chi connectivity index (χ0v) is 19.5. The molecule has 0 spiro atoms. The van der Waals surface area contributed by atoms with E-state index in [2.05, 4.69) is 28.9 Å². The van der Waals surface area contributed by atoms with Crippen LogP contribution in [0.4, 0.5) is 0 Å². The highest BCUT2D eigenvalue weighted by Gasteiger charge is 2.62. The molecule has 0 heterocycles. The molecule has 1 unspecified atom stereocenters. The first-order chi connectivity index (χ1) is 13.8. The van der Waals surface area contributed by atoms with E-state index in [0.717, 1.165) is 50.4 Å². The average molecular weight is 438 g/mol. The number of oxime groups is 1. The van der Waals surface area contributed by atoms with Crippen molar-refractivity contribution in [1.82, 2.24) is 4.83 Å². The van der Waals surface area contributed by atoms with Crippen LogP contribution >= 0.6 is 0 Å². The number of rotatable bonds is 2. The smallest absolute Gasteiger partial charge is 0.244 e. The van der Waals surface area contributed by atoms with Gasteiger partial charge in [0.05, 0.1) is 11.9 Å². The third-order valence-electron chi connectivity index (χ3n) is 9.29. The lowest BCUT2D eigenvalue weighted by molar-refractivity contribution is -0.115. The molecule has 4 aliphatic rings. The van der Waals surface area contributed by atoms with E-state index in [1.54, 1.807) is 0 Å². The van der Waals surface area contributed by atoms with E-state index in [-0.39, 0.29) is 10.8 Å². The number of aliphatic hydroxyl groups is 1. The first-order valence-corrected chi connectivity index (χ1v) is 12.9. The molecule has 168 valence electrons. The highest BCUT2D eigenvalue weighted by molar-refractivity contribution is 7.88. The van der Waals surface area contributed by atoms with E-state index in [9.17, 15) is 18.7 Å². The van der Waals surface area contributed by atoms with Crippen LogP contribution in [0.25, 0.3) is 0 Å². The molecule has 0 amide bonds. The number of allylic oxidation sites excluding steroid dienone is 2. The number of hydrogen-bond acceptors (Lipinski definition) is 6. The number of sulfonamides is 1. The molecule has 3 N–H and O–H groups in total. The van der Waals surface area contributed by atoms with Gasteiger partial charge in [-0.2, -0.15) is 5.10 Å².